The van der Waals surface area contributed by atoms with Gasteiger partial charge in [0, 0.05) is 17.3 Å². The molecule has 0 bridgehead atoms. The number of hydrogen-bond donors (Lipinski definition) is 4. The summed E-state index contributed by atoms with van der Waals surface area (Å²) in [6.45, 7) is 2.30. The monoisotopic (exact) mass is 617 g/mol. The Morgan fingerprint density at radius 3 is 2.62 bits per heavy atom. The van der Waals surface area contributed by atoms with Crippen LogP contribution in [0.3, 0.4) is 0 Å². The maximum absolute atomic E-state index is 13.9. The van der Waals surface area contributed by atoms with Gasteiger partial charge >= 0.3 is 13.7 Å². The fourth-order valence-corrected chi connectivity index (χ4v) is 6.51. The Hall–Kier alpha value is -2.09. The number of aromatic nitrogens is 2. The number of benzene rings is 1. The normalized spacial score (nSPS) is 27.6. The number of rotatable bonds is 10. The second-order valence-corrected chi connectivity index (χ2v) is 12.6. The highest BCUT2D eigenvalue weighted by Gasteiger charge is 2.54. The molecule has 2 heterocycles. The summed E-state index contributed by atoms with van der Waals surface area (Å²) in [7, 11) is -4.29. The molecule has 15 heteroatoms. The molecule has 6 atom stereocenters. The predicted octanol–water partition coefficient (Wildman–Crippen LogP) is 3.63. The van der Waals surface area contributed by atoms with Crippen molar-refractivity contribution in [3.05, 3.63) is 56.7 Å². The molecule has 2 aromatic rings. The van der Waals surface area contributed by atoms with Gasteiger partial charge in [-0.3, -0.25) is 23.7 Å². The van der Waals surface area contributed by atoms with Gasteiger partial charge in [-0.15, -0.1) is 0 Å². The molecule has 12 nitrogen and oxygen atoms in total. The van der Waals surface area contributed by atoms with E-state index in [2.05, 4.69) is 10.1 Å². The Labute approximate surface area is 241 Å². The van der Waals surface area contributed by atoms with Gasteiger partial charge in [0.25, 0.3) is 5.56 Å². The zero-order chi connectivity index (χ0) is 29.1. The van der Waals surface area contributed by atoms with Crippen LogP contribution in [-0.2, 0) is 23.4 Å². The van der Waals surface area contributed by atoms with Gasteiger partial charge in [0.1, 0.15) is 35.7 Å². The average molecular weight is 618 g/mol. The highest BCUT2D eigenvalue weighted by Crippen LogP contribution is 2.47. The number of nitrogens with one attached hydrogen (secondary N) is 2. The Morgan fingerprint density at radius 1 is 1.30 bits per heavy atom. The fraction of sp³-hybridized carbons (Fsp3) is 0.560. The lowest BCUT2D eigenvalue weighted by atomic mass is 9.96. The van der Waals surface area contributed by atoms with Crippen LogP contribution < -0.4 is 15.2 Å². The van der Waals surface area contributed by atoms with E-state index in [0.717, 1.165) is 32.1 Å². The van der Waals surface area contributed by atoms with Crippen molar-refractivity contribution in [2.45, 2.75) is 82.1 Å². The Morgan fingerprint density at radius 2 is 1.98 bits per heavy atom. The average Bonchev–Trinajstić information content (AvgIpc) is 3.13. The van der Waals surface area contributed by atoms with Crippen LogP contribution in [0.2, 0.25) is 5.02 Å². The van der Waals surface area contributed by atoms with Gasteiger partial charge in [-0.2, -0.15) is 5.09 Å². The maximum atomic E-state index is 13.9. The quantitative estimate of drug-likeness (QED) is 0.175. The molecular weight excluding hydrogens is 585 g/mol. The van der Waals surface area contributed by atoms with Gasteiger partial charge in [0.2, 0.25) is 0 Å². The summed E-state index contributed by atoms with van der Waals surface area (Å²) >= 11 is 11.1. The molecule has 0 amide bonds. The van der Waals surface area contributed by atoms with Crippen LogP contribution in [0.25, 0.3) is 0 Å². The van der Waals surface area contributed by atoms with Crippen LogP contribution in [0.1, 0.15) is 52.2 Å². The van der Waals surface area contributed by atoms with Crippen molar-refractivity contribution < 1.29 is 38.1 Å². The van der Waals surface area contributed by atoms with Crippen LogP contribution in [0, 0.1) is 4.77 Å². The van der Waals surface area contributed by atoms with Gasteiger partial charge in [0.05, 0.1) is 6.61 Å². The second-order valence-electron chi connectivity index (χ2n) is 10.1. The third-order valence-corrected chi connectivity index (χ3v) is 9.06. The van der Waals surface area contributed by atoms with Gasteiger partial charge in [0.15, 0.2) is 11.0 Å². The van der Waals surface area contributed by atoms with Crippen molar-refractivity contribution in [3.8, 4) is 5.75 Å². The largest absolute Gasteiger partial charge is 0.461 e. The third kappa shape index (κ3) is 7.40. The van der Waals surface area contributed by atoms with Gasteiger partial charge in [-0.1, -0.05) is 18.0 Å². The first-order valence-electron chi connectivity index (χ1n) is 12.9. The number of ether oxygens (including phenoxy) is 2. The second kappa shape index (κ2) is 12.8. The molecule has 2 fully saturated rings. The first-order chi connectivity index (χ1) is 18.9. The predicted molar refractivity (Wildman–Crippen MR) is 148 cm³/mol. The molecule has 1 aliphatic heterocycles. The fourth-order valence-electron chi connectivity index (χ4n) is 4.62. The lowest BCUT2D eigenvalue weighted by Gasteiger charge is -2.28. The highest BCUT2D eigenvalue weighted by atomic mass is 35.5. The van der Waals surface area contributed by atoms with E-state index in [0.29, 0.717) is 5.02 Å². The van der Waals surface area contributed by atoms with Crippen molar-refractivity contribution in [1.82, 2.24) is 14.6 Å². The lowest BCUT2D eigenvalue weighted by molar-refractivity contribution is -0.152. The van der Waals surface area contributed by atoms with Crippen molar-refractivity contribution in [2.75, 3.05) is 6.61 Å². The molecule has 1 aromatic carbocycles. The molecule has 4 N–H and O–H groups in total. The van der Waals surface area contributed by atoms with Gasteiger partial charge in [-0.05, 0) is 76.0 Å². The number of halogens is 1. The standard InChI is InChI=1S/C25H33ClN3O9PS/c1-15(22(32)36-17-6-4-3-5-7-17)28-39(34,38-18-10-8-16(26)9-11-18)35-14-19-21(31)25(2,33)23(37-19)29-13-12-20(30)27-24(29)40/h8-13,15,17,19,21,23,31,33H,3-7,14H2,1-2H3,(H,28,34)(H,27,30,40)/t15-,19+,21-,23+,25?,39?/m0/s1. The number of esters is 1. The molecule has 40 heavy (non-hydrogen) atoms. The first-order valence-corrected chi connectivity index (χ1v) is 15.3. The Bertz CT molecular complexity index is 1350. The molecule has 1 aromatic heterocycles. The van der Waals surface area contributed by atoms with E-state index in [1.165, 1.54) is 54.9 Å². The number of aromatic amines is 1. The summed E-state index contributed by atoms with van der Waals surface area (Å²) in [5.74, 6) is -0.464. The third-order valence-electron chi connectivity index (χ3n) is 6.85. The topological polar surface area (TPSA) is 161 Å². The van der Waals surface area contributed by atoms with E-state index in [9.17, 15) is 24.4 Å². The molecular formula is C25H33ClN3O9PS. The van der Waals surface area contributed by atoms with Crippen LogP contribution >= 0.6 is 31.6 Å². The molecule has 2 aliphatic rings. The molecule has 2 unspecified atom stereocenters. The summed E-state index contributed by atoms with van der Waals surface area (Å²) in [4.78, 5) is 26.8. The zero-order valence-corrected chi connectivity index (χ0v) is 24.5. The molecule has 1 aliphatic carbocycles. The first kappa shape index (κ1) is 30.9. The van der Waals surface area contributed by atoms with E-state index in [1.807, 2.05) is 0 Å². The minimum atomic E-state index is -4.29. The van der Waals surface area contributed by atoms with Crippen LogP contribution in [0.4, 0.5) is 0 Å². The summed E-state index contributed by atoms with van der Waals surface area (Å²) in [6, 6.07) is 6.14. The van der Waals surface area contributed by atoms with Crippen LogP contribution in [0.15, 0.2) is 41.3 Å². The summed E-state index contributed by atoms with van der Waals surface area (Å²) < 4.78 is 37.9. The van der Waals surface area contributed by atoms with E-state index < -0.39 is 56.0 Å². The van der Waals surface area contributed by atoms with E-state index in [-0.39, 0.29) is 16.6 Å². The van der Waals surface area contributed by atoms with Gasteiger partial charge in [-0.25, -0.2) is 4.57 Å². The van der Waals surface area contributed by atoms with Crippen molar-refractivity contribution in [1.29, 1.82) is 0 Å². The number of carbonyl (C=O) groups is 1. The number of nitrogens with zero attached hydrogens (tertiary/aromatic N) is 1. The number of hydrogen-bond acceptors (Lipinski definition) is 10. The lowest BCUT2D eigenvalue weighted by Crippen LogP contribution is -2.45. The maximum Gasteiger partial charge on any atom is 0.459 e. The van der Waals surface area contributed by atoms with Crippen LogP contribution in [0.5, 0.6) is 5.75 Å². The molecule has 4 rings (SSSR count). The van der Waals surface area contributed by atoms with Gasteiger partial charge < -0.3 is 24.2 Å². The molecule has 0 spiro atoms. The number of carbonyl (C=O) groups excluding carboxylic acids is 1. The summed E-state index contributed by atoms with van der Waals surface area (Å²) in [5.41, 5.74) is -2.31. The number of aliphatic hydroxyl groups is 2. The molecule has 1 saturated carbocycles. The zero-order valence-electron chi connectivity index (χ0n) is 22.0. The van der Waals surface area contributed by atoms with Crippen LogP contribution in [-0.4, -0.2) is 62.3 Å². The summed E-state index contributed by atoms with van der Waals surface area (Å²) in [5, 5.41) is 24.9. The number of aliphatic hydroxyl groups excluding tert-OH is 1. The molecule has 0 radical (unpaired) electrons. The van der Waals surface area contributed by atoms with E-state index in [1.54, 1.807) is 0 Å². The minimum Gasteiger partial charge on any atom is -0.461 e. The van der Waals surface area contributed by atoms with E-state index >= 15 is 0 Å². The Kier molecular flexibility index (Phi) is 9.90. The minimum absolute atomic E-state index is 0.0322. The van der Waals surface area contributed by atoms with E-state index in [4.69, 9.17) is 42.3 Å². The summed E-state index contributed by atoms with van der Waals surface area (Å²) in [6.07, 6.45) is 1.80. The number of H-pyrrole nitrogens is 1. The molecule has 1 saturated heterocycles. The van der Waals surface area contributed by atoms with Crippen molar-refractivity contribution in [3.63, 3.8) is 0 Å². The van der Waals surface area contributed by atoms with Crippen molar-refractivity contribution >= 4 is 37.5 Å². The molecule has 220 valence electrons. The van der Waals surface area contributed by atoms with Crippen molar-refractivity contribution in [2.24, 2.45) is 0 Å². The highest BCUT2D eigenvalue weighted by molar-refractivity contribution is 7.71. The smallest absolute Gasteiger partial charge is 0.459 e. The Balaban J connectivity index is 1.49. The SMILES string of the molecule is C[C@H](NP(=O)(OC[C@H]1O[C@@H](n2ccc(=O)[nH]c2=S)C(C)(O)[C@H]1O)Oc1ccc(Cl)cc1)C(=O)OC1CCCCC1.